The molecule has 184 valence electrons. The first kappa shape index (κ1) is 26.6. The van der Waals surface area contributed by atoms with Gasteiger partial charge in [0.1, 0.15) is 36.6 Å². The molecule has 0 fully saturated rings. The fourth-order valence-electron chi connectivity index (χ4n) is 3.02. The molecule has 0 aliphatic carbocycles. The molecule has 2 aromatic carbocycles. The van der Waals surface area contributed by atoms with E-state index in [9.17, 15) is 24.6 Å². The first-order valence-corrected chi connectivity index (χ1v) is 10.9. The van der Waals surface area contributed by atoms with Gasteiger partial charge in [0.15, 0.2) is 5.78 Å². The molecule has 0 radical (unpaired) electrons. The van der Waals surface area contributed by atoms with Crippen molar-refractivity contribution in [1.82, 2.24) is 5.32 Å². The SMILES string of the molecule is CCCC(=O)Nc1ccc(OCC(O)CNCCOc2ccc(O)c(C(N)=O)c2)c(C(C)=O)c1. The number of ether oxygens (including phenoxy) is 2. The van der Waals surface area contributed by atoms with Crippen molar-refractivity contribution in [2.75, 3.05) is 31.6 Å². The predicted molar refractivity (Wildman–Crippen MR) is 126 cm³/mol. The van der Waals surface area contributed by atoms with Gasteiger partial charge >= 0.3 is 0 Å². The number of amides is 2. The van der Waals surface area contributed by atoms with E-state index in [1.807, 2.05) is 6.92 Å². The van der Waals surface area contributed by atoms with Crippen LogP contribution in [-0.2, 0) is 4.79 Å². The van der Waals surface area contributed by atoms with Crippen molar-refractivity contribution >= 4 is 23.3 Å². The number of aliphatic hydroxyl groups excluding tert-OH is 1. The Labute approximate surface area is 198 Å². The summed E-state index contributed by atoms with van der Waals surface area (Å²) >= 11 is 0. The van der Waals surface area contributed by atoms with Gasteiger partial charge in [-0.05, 0) is 49.7 Å². The number of Topliss-reactive ketones (excluding diaryl/α,β-unsaturated/α-hetero) is 1. The van der Waals surface area contributed by atoms with Crippen molar-refractivity contribution in [3.8, 4) is 17.2 Å². The maximum Gasteiger partial charge on any atom is 0.252 e. The Morgan fingerprint density at radius 3 is 2.53 bits per heavy atom. The Morgan fingerprint density at radius 2 is 1.85 bits per heavy atom. The number of nitrogens with one attached hydrogen (secondary N) is 2. The van der Waals surface area contributed by atoms with Gasteiger partial charge in [-0.25, -0.2) is 0 Å². The van der Waals surface area contributed by atoms with Gasteiger partial charge in [-0.1, -0.05) is 6.92 Å². The average molecular weight is 474 g/mol. The lowest BCUT2D eigenvalue weighted by Crippen LogP contribution is -2.33. The molecule has 10 heteroatoms. The minimum absolute atomic E-state index is 0.0284. The Balaban J connectivity index is 1.77. The number of anilines is 1. The molecule has 0 bridgehead atoms. The number of phenols is 1. The van der Waals surface area contributed by atoms with Crippen LogP contribution in [0.5, 0.6) is 17.2 Å². The van der Waals surface area contributed by atoms with E-state index in [2.05, 4.69) is 10.6 Å². The first-order valence-electron chi connectivity index (χ1n) is 10.9. The molecule has 0 saturated heterocycles. The van der Waals surface area contributed by atoms with Gasteiger partial charge in [0, 0.05) is 25.2 Å². The van der Waals surface area contributed by atoms with Crippen LogP contribution in [0.4, 0.5) is 5.69 Å². The zero-order valence-corrected chi connectivity index (χ0v) is 19.3. The van der Waals surface area contributed by atoms with E-state index >= 15 is 0 Å². The van der Waals surface area contributed by atoms with E-state index < -0.39 is 12.0 Å². The number of aromatic hydroxyl groups is 1. The van der Waals surface area contributed by atoms with Gasteiger partial charge in [0.25, 0.3) is 5.91 Å². The molecule has 0 spiro atoms. The highest BCUT2D eigenvalue weighted by Gasteiger charge is 2.13. The lowest BCUT2D eigenvalue weighted by Gasteiger charge is -2.16. The molecule has 10 nitrogen and oxygen atoms in total. The number of primary amides is 1. The number of aliphatic hydroxyl groups is 1. The van der Waals surface area contributed by atoms with Crippen molar-refractivity contribution in [2.24, 2.45) is 5.73 Å². The molecule has 2 amide bonds. The van der Waals surface area contributed by atoms with Gasteiger partial charge in [0.2, 0.25) is 5.91 Å². The van der Waals surface area contributed by atoms with E-state index in [4.69, 9.17) is 15.2 Å². The maximum absolute atomic E-state index is 12.0. The molecule has 2 aromatic rings. The van der Waals surface area contributed by atoms with Gasteiger partial charge in [-0.15, -0.1) is 0 Å². The smallest absolute Gasteiger partial charge is 0.252 e. The highest BCUT2D eigenvalue weighted by Crippen LogP contribution is 2.24. The zero-order chi connectivity index (χ0) is 25.1. The second kappa shape index (κ2) is 13.2. The summed E-state index contributed by atoms with van der Waals surface area (Å²) in [6, 6.07) is 8.98. The summed E-state index contributed by atoms with van der Waals surface area (Å²) in [6.45, 7) is 4.12. The molecular formula is C24H31N3O7. The number of carbonyl (C=O) groups is 3. The average Bonchev–Trinajstić information content (AvgIpc) is 2.78. The Hall–Kier alpha value is -3.63. The summed E-state index contributed by atoms with van der Waals surface area (Å²) in [6.07, 6.45) is 0.262. The lowest BCUT2D eigenvalue weighted by atomic mass is 10.1. The van der Waals surface area contributed by atoms with Crippen molar-refractivity contribution in [1.29, 1.82) is 0 Å². The summed E-state index contributed by atoms with van der Waals surface area (Å²) in [4.78, 5) is 35.0. The summed E-state index contributed by atoms with van der Waals surface area (Å²) in [5, 5.41) is 25.5. The van der Waals surface area contributed by atoms with Gasteiger partial charge in [-0.3, -0.25) is 14.4 Å². The van der Waals surface area contributed by atoms with Gasteiger partial charge < -0.3 is 36.1 Å². The highest BCUT2D eigenvalue weighted by atomic mass is 16.5. The van der Waals surface area contributed by atoms with Crippen molar-refractivity contribution in [3.63, 3.8) is 0 Å². The van der Waals surface area contributed by atoms with Crippen LogP contribution in [0.3, 0.4) is 0 Å². The second-order valence-corrected chi connectivity index (χ2v) is 7.63. The van der Waals surface area contributed by atoms with E-state index in [-0.39, 0.29) is 42.8 Å². The van der Waals surface area contributed by atoms with Crippen LogP contribution in [0.2, 0.25) is 0 Å². The number of nitrogens with two attached hydrogens (primary N) is 1. The number of rotatable bonds is 14. The molecule has 2 rings (SSSR count). The van der Waals surface area contributed by atoms with E-state index in [1.54, 1.807) is 18.2 Å². The third-order valence-corrected chi connectivity index (χ3v) is 4.71. The van der Waals surface area contributed by atoms with Crippen molar-refractivity contribution in [3.05, 3.63) is 47.5 Å². The van der Waals surface area contributed by atoms with Crippen molar-refractivity contribution in [2.45, 2.75) is 32.8 Å². The maximum atomic E-state index is 12.0. The number of benzene rings is 2. The minimum Gasteiger partial charge on any atom is -0.507 e. The topological polar surface area (TPSA) is 160 Å². The standard InChI is InChI=1S/C24H31N3O7/c1-3-4-23(31)27-16-5-8-22(19(11-16)15(2)28)34-14-17(29)13-26-9-10-33-18-6-7-21(30)20(12-18)24(25)32/h5-8,11-12,17,26,29-30H,3-4,9-10,13-14H2,1-2H3,(H2,25,32)(H,27,31). The number of ketones is 1. The molecule has 0 aliphatic heterocycles. The normalized spacial score (nSPS) is 11.5. The fourth-order valence-corrected chi connectivity index (χ4v) is 3.02. The molecule has 6 N–H and O–H groups in total. The molecule has 1 unspecified atom stereocenters. The number of hydrogen-bond acceptors (Lipinski definition) is 8. The summed E-state index contributed by atoms with van der Waals surface area (Å²) in [7, 11) is 0. The third-order valence-electron chi connectivity index (χ3n) is 4.71. The third kappa shape index (κ3) is 8.38. The number of carbonyl (C=O) groups excluding carboxylic acids is 3. The molecule has 0 saturated carbocycles. The monoisotopic (exact) mass is 473 g/mol. The van der Waals surface area contributed by atoms with E-state index in [0.29, 0.717) is 35.7 Å². The van der Waals surface area contributed by atoms with Crippen LogP contribution in [0.1, 0.15) is 47.4 Å². The summed E-state index contributed by atoms with van der Waals surface area (Å²) < 4.78 is 11.1. The second-order valence-electron chi connectivity index (χ2n) is 7.63. The van der Waals surface area contributed by atoms with Crippen molar-refractivity contribution < 1.29 is 34.1 Å². The molecule has 1 atom stereocenters. The summed E-state index contributed by atoms with van der Waals surface area (Å²) in [5.74, 6) is -0.628. The Kier molecular flexibility index (Phi) is 10.3. The molecule has 0 aliphatic rings. The molecular weight excluding hydrogens is 442 g/mol. The predicted octanol–water partition coefficient (Wildman–Crippen LogP) is 1.84. The summed E-state index contributed by atoms with van der Waals surface area (Å²) in [5.41, 5.74) is 5.98. The largest absolute Gasteiger partial charge is 0.507 e. The molecule has 0 aromatic heterocycles. The van der Waals surface area contributed by atoms with Crippen LogP contribution >= 0.6 is 0 Å². The van der Waals surface area contributed by atoms with Crippen LogP contribution in [0.25, 0.3) is 0 Å². The van der Waals surface area contributed by atoms with E-state index in [0.717, 1.165) is 6.42 Å². The van der Waals surface area contributed by atoms with Crippen LogP contribution in [-0.4, -0.2) is 60.2 Å². The minimum atomic E-state index is -0.848. The molecule has 0 heterocycles. The molecule has 34 heavy (non-hydrogen) atoms. The Morgan fingerprint density at radius 1 is 1.09 bits per heavy atom. The highest BCUT2D eigenvalue weighted by molar-refractivity contribution is 5.99. The van der Waals surface area contributed by atoms with Crippen LogP contribution in [0.15, 0.2) is 36.4 Å². The fraction of sp³-hybridized carbons (Fsp3) is 0.375. The lowest BCUT2D eigenvalue weighted by molar-refractivity contribution is -0.116. The first-order chi connectivity index (χ1) is 16.2. The Bertz CT molecular complexity index is 1010. The van der Waals surface area contributed by atoms with Gasteiger partial charge in [-0.2, -0.15) is 0 Å². The van der Waals surface area contributed by atoms with Gasteiger partial charge in [0.05, 0.1) is 11.1 Å². The van der Waals surface area contributed by atoms with Crippen LogP contribution < -0.4 is 25.8 Å². The van der Waals surface area contributed by atoms with E-state index in [1.165, 1.54) is 25.1 Å². The zero-order valence-electron chi connectivity index (χ0n) is 19.3. The quantitative estimate of drug-likeness (QED) is 0.205. The van der Waals surface area contributed by atoms with Crippen LogP contribution in [0, 0.1) is 0 Å². The number of hydrogen-bond donors (Lipinski definition) is 5.